The van der Waals surface area contributed by atoms with Gasteiger partial charge in [-0.2, -0.15) is 5.10 Å². The van der Waals surface area contributed by atoms with Crippen molar-refractivity contribution in [2.75, 3.05) is 0 Å². The number of fused-ring (bicyclic) bond motifs is 1. The van der Waals surface area contributed by atoms with Gasteiger partial charge in [0.1, 0.15) is 12.0 Å². The van der Waals surface area contributed by atoms with E-state index in [1.807, 2.05) is 55.8 Å². The first-order valence-corrected chi connectivity index (χ1v) is 11.4. The molecule has 3 heterocycles. The standard InChI is InChI=1S/C27H24N6O/c1-33-15-22(14-31-33)24-12-23-25(29-16-30-26(23)32-24)20-4-2-17(3-5-20)13-28-27(34)21-10-8-19(9-11-21)18-6-7-18/h2-5,8-12,14-16,18H,6-7,13H2,1H3,(H,28,34)(H,29,30,32). The van der Waals surface area contributed by atoms with Crippen LogP contribution < -0.4 is 5.32 Å². The summed E-state index contributed by atoms with van der Waals surface area (Å²) in [6, 6.07) is 18.2. The lowest BCUT2D eigenvalue weighted by Crippen LogP contribution is -2.22. The van der Waals surface area contributed by atoms with Crippen LogP contribution in [0.3, 0.4) is 0 Å². The molecule has 3 aromatic heterocycles. The van der Waals surface area contributed by atoms with Crippen molar-refractivity contribution >= 4 is 16.9 Å². The van der Waals surface area contributed by atoms with E-state index >= 15 is 0 Å². The highest BCUT2D eigenvalue weighted by molar-refractivity contribution is 5.95. The number of hydrogen-bond acceptors (Lipinski definition) is 4. The summed E-state index contributed by atoms with van der Waals surface area (Å²) in [4.78, 5) is 24.8. The molecule has 1 aliphatic carbocycles. The number of carbonyl (C=O) groups is 1. The Balaban J connectivity index is 1.17. The first kappa shape index (κ1) is 20.4. The molecule has 7 nitrogen and oxygen atoms in total. The molecule has 1 saturated carbocycles. The van der Waals surface area contributed by atoms with Crippen LogP contribution in [0.5, 0.6) is 0 Å². The molecule has 2 N–H and O–H groups in total. The fourth-order valence-electron chi connectivity index (χ4n) is 4.27. The normalized spacial score (nSPS) is 13.3. The second kappa shape index (κ2) is 8.26. The molecule has 0 atom stereocenters. The molecule has 0 bridgehead atoms. The molecule has 1 fully saturated rings. The number of aromatic nitrogens is 5. The molecule has 0 aliphatic heterocycles. The molecule has 7 heteroatoms. The minimum atomic E-state index is -0.0563. The maximum Gasteiger partial charge on any atom is 0.251 e. The molecular formula is C27H24N6O. The molecule has 168 valence electrons. The number of hydrogen-bond donors (Lipinski definition) is 2. The molecule has 34 heavy (non-hydrogen) atoms. The predicted molar refractivity (Wildman–Crippen MR) is 131 cm³/mol. The third-order valence-corrected chi connectivity index (χ3v) is 6.34. The van der Waals surface area contributed by atoms with Gasteiger partial charge in [-0.1, -0.05) is 36.4 Å². The first-order valence-electron chi connectivity index (χ1n) is 11.4. The summed E-state index contributed by atoms with van der Waals surface area (Å²) >= 11 is 0. The van der Waals surface area contributed by atoms with Gasteiger partial charge in [-0.05, 0) is 48.1 Å². The Morgan fingerprint density at radius 2 is 1.85 bits per heavy atom. The average molecular weight is 449 g/mol. The molecule has 1 aliphatic rings. The van der Waals surface area contributed by atoms with Crippen LogP contribution in [-0.4, -0.2) is 30.6 Å². The van der Waals surface area contributed by atoms with Gasteiger partial charge in [0.05, 0.1) is 17.6 Å². The van der Waals surface area contributed by atoms with E-state index in [9.17, 15) is 4.79 Å². The minimum Gasteiger partial charge on any atom is -0.348 e. The van der Waals surface area contributed by atoms with Gasteiger partial charge >= 0.3 is 0 Å². The van der Waals surface area contributed by atoms with Gasteiger partial charge in [0, 0.05) is 41.9 Å². The number of carbonyl (C=O) groups excluding carboxylic acids is 1. The number of aromatic amines is 1. The fraction of sp³-hybridized carbons (Fsp3) is 0.185. The summed E-state index contributed by atoms with van der Waals surface area (Å²) in [5.74, 6) is 0.638. The van der Waals surface area contributed by atoms with E-state index in [0.717, 1.165) is 39.1 Å². The third-order valence-electron chi connectivity index (χ3n) is 6.34. The highest BCUT2D eigenvalue weighted by atomic mass is 16.1. The van der Waals surface area contributed by atoms with Crippen LogP contribution in [-0.2, 0) is 13.6 Å². The van der Waals surface area contributed by atoms with Gasteiger partial charge in [0.25, 0.3) is 5.91 Å². The third kappa shape index (κ3) is 3.96. The summed E-state index contributed by atoms with van der Waals surface area (Å²) in [5, 5.41) is 8.22. The molecule has 6 rings (SSSR count). The van der Waals surface area contributed by atoms with Gasteiger partial charge in [-0.3, -0.25) is 9.48 Å². The second-order valence-electron chi connectivity index (χ2n) is 8.85. The van der Waals surface area contributed by atoms with Gasteiger partial charge in [-0.15, -0.1) is 0 Å². The van der Waals surface area contributed by atoms with E-state index in [1.165, 1.54) is 18.4 Å². The number of aryl methyl sites for hydroxylation is 1. The molecule has 1 amide bonds. The Hall–Kier alpha value is -4.26. The molecule has 2 aromatic carbocycles. The fourth-order valence-corrected chi connectivity index (χ4v) is 4.27. The van der Waals surface area contributed by atoms with Crippen LogP contribution in [0.1, 0.15) is 40.2 Å². The summed E-state index contributed by atoms with van der Waals surface area (Å²) in [6.45, 7) is 0.470. The first-order chi connectivity index (χ1) is 16.6. The van der Waals surface area contributed by atoms with Gasteiger partial charge in [0.2, 0.25) is 0 Å². The summed E-state index contributed by atoms with van der Waals surface area (Å²) in [7, 11) is 1.89. The topological polar surface area (TPSA) is 88.5 Å². The molecular weight excluding hydrogens is 424 g/mol. The highest BCUT2D eigenvalue weighted by Crippen LogP contribution is 2.39. The Labute approximate surface area is 196 Å². The van der Waals surface area contributed by atoms with Crippen molar-refractivity contribution in [2.45, 2.75) is 25.3 Å². The molecule has 0 spiro atoms. The zero-order chi connectivity index (χ0) is 23.1. The summed E-state index contributed by atoms with van der Waals surface area (Å²) in [5.41, 5.74) is 7.66. The maximum atomic E-state index is 12.5. The number of amides is 1. The van der Waals surface area contributed by atoms with Crippen molar-refractivity contribution < 1.29 is 4.79 Å². The van der Waals surface area contributed by atoms with Crippen LogP contribution in [0.4, 0.5) is 0 Å². The number of rotatable bonds is 6. The van der Waals surface area contributed by atoms with E-state index in [-0.39, 0.29) is 5.91 Å². The van der Waals surface area contributed by atoms with Gasteiger partial charge in [-0.25, -0.2) is 9.97 Å². The van der Waals surface area contributed by atoms with Crippen molar-refractivity contribution in [2.24, 2.45) is 7.05 Å². The Morgan fingerprint density at radius 3 is 2.56 bits per heavy atom. The zero-order valence-corrected chi connectivity index (χ0v) is 18.8. The lowest BCUT2D eigenvalue weighted by atomic mass is 10.1. The van der Waals surface area contributed by atoms with E-state index in [2.05, 4.69) is 43.6 Å². The highest BCUT2D eigenvalue weighted by Gasteiger charge is 2.23. The van der Waals surface area contributed by atoms with Crippen LogP contribution in [0.15, 0.2) is 73.3 Å². The Morgan fingerprint density at radius 1 is 1.06 bits per heavy atom. The largest absolute Gasteiger partial charge is 0.348 e. The predicted octanol–water partition coefficient (Wildman–Crippen LogP) is 4.83. The zero-order valence-electron chi connectivity index (χ0n) is 18.8. The van der Waals surface area contributed by atoms with Crippen LogP contribution >= 0.6 is 0 Å². The maximum absolute atomic E-state index is 12.5. The molecule has 0 saturated heterocycles. The van der Waals surface area contributed by atoms with Gasteiger partial charge < -0.3 is 10.3 Å². The number of nitrogens with one attached hydrogen (secondary N) is 2. The summed E-state index contributed by atoms with van der Waals surface area (Å²) < 4.78 is 1.77. The van der Waals surface area contributed by atoms with E-state index < -0.39 is 0 Å². The average Bonchev–Trinajstić information content (AvgIpc) is 3.48. The van der Waals surface area contributed by atoms with Crippen molar-refractivity contribution in [1.82, 2.24) is 30.0 Å². The van der Waals surface area contributed by atoms with E-state index in [1.54, 1.807) is 11.0 Å². The Bertz CT molecular complexity index is 1480. The van der Waals surface area contributed by atoms with Crippen LogP contribution in [0.25, 0.3) is 33.5 Å². The second-order valence-corrected chi connectivity index (χ2v) is 8.85. The van der Waals surface area contributed by atoms with Crippen LogP contribution in [0.2, 0.25) is 0 Å². The Kier molecular flexibility index (Phi) is 4.95. The lowest BCUT2D eigenvalue weighted by Gasteiger charge is -2.08. The lowest BCUT2D eigenvalue weighted by molar-refractivity contribution is 0.0951. The SMILES string of the molecule is Cn1cc(-c2cc3c(-c4ccc(CNC(=O)c5ccc(C6CC6)cc5)cc4)ncnc3[nH]2)cn1. The number of benzene rings is 2. The van der Waals surface area contributed by atoms with Crippen molar-refractivity contribution in [3.8, 4) is 22.5 Å². The van der Waals surface area contributed by atoms with Crippen molar-refractivity contribution in [3.05, 3.63) is 90.0 Å². The molecule has 0 unspecified atom stereocenters. The van der Waals surface area contributed by atoms with E-state index in [4.69, 9.17) is 0 Å². The van der Waals surface area contributed by atoms with Gasteiger partial charge in [0.15, 0.2) is 0 Å². The molecule has 5 aromatic rings. The number of H-pyrrole nitrogens is 1. The number of nitrogens with zero attached hydrogens (tertiary/aromatic N) is 4. The van der Waals surface area contributed by atoms with Crippen molar-refractivity contribution in [3.63, 3.8) is 0 Å². The van der Waals surface area contributed by atoms with Crippen molar-refractivity contribution in [1.29, 1.82) is 0 Å². The van der Waals surface area contributed by atoms with E-state index in [0.29, 0.717) is 18.0 Å². The smallest absolute Gasteiger partial charge is 0.251 e. The van der Waals surface area contributed by atoms with Crippen LogP contribution in [0, 0.1) is 0 Å². The monoisotopic (exact) mass is 448 g/mol. The molecule has 0 radical (unpaired) electrons. The summed E-state index contributed by atoms with van der Waals surface area (Å²) in [6.07, 6.45) is 7.88. The minimum absolute atomic E-state index is 0.0563. The quantitative estimate of drug-likeness (QED) is 0.389.